The molecule has 6 heteroatoms. The zero-order valence-corrected chi connectivity index (χ0v) is 11.7. The van der Waals surface area contributed by atoms with Gasteiger partial charge in [0.2, 0.25) is 10.0 Å². The van der Waals surface area contributed by atoms with Crippen LogP contribution >= 0.6 is 0 Å². The molecule has 0 aromatic carbocycles. The third kappa shape index (κ3) is 2.35. The highest BCUT2D eigenvalue weighted by Crippen LogP contribution is 2.37. The first-order valence-corrected chi connectivity index (χ1v) is 7.52. The molecular weight excluding hydrogens is 250 g/mol. The van der Waals surface area contributed by atoms with E-state index < -0.39 is 10.0 Å². The van der Waals surface area contributed by atoms with Crippen molar-refractivity contribution in [2.45, 2.75) is 30.7 Å². The van der Waals surface area contributed by atoms with Crippen molar-refractivity contribution in [1.29, 1.82) is 0 Å². The number of sulfonamides is 1. The van der Waals surface area contributed by atoms with Crippen LogP contribution in [0.3, 0.4) is 0 Å². The molecule has 1 aliphatic rings. The maximum atomic E-state index is 12.5. The van der Waals surface area contributed by atoms with E-state index in [1.807, 2.05) is 6.92 Å². The quantitative estimate of drug-likeness (QED) is 0.881. The minimum Gasteiger partial charge on any atom is -0.387 e. The van der Waals surface area contributed by atoms with Crippen LogP contribution in [0.5, 0.6) is 0 Å². The highest BCUT2D eigenvalue weighted by molar-refractivity contribution is 7.89. The molecule has 1 heterocycles. The summed E-state index contributed by atoms with van der Waals surface area (Å²) >= 11 is 0. The SMILES string of the molecule is CNc1ccncc1S(=O)(=O)N(C)C(C)C1CC1. The third-order valence-corrected chi connectivity index (χ3v) is 5.56. The summed E-state index contributed by atoms with van der Waals surface area (Å²) in [5.41, 5.74) is 0.583. The number of anilines is 1. The Morgan fingerprint density at radius 3 is 2.72 bits per heavy atom. The molecule has 0 bridgehead atoms. The van der Waals surface area contributed by atoms with Gasteiger partial charge in [0.05, 0.1) is 5.69 Å². The predicted molar refractivity (Wildman–Crippen MR) is 70.9 cm³/mol. The number of nitrogens with one attached hydrogen (secondary N) is 1. The molecule has 5 nitrogen and oxygen atoms in total. The molecular formula is C12H19N3O2S. The van der Waals surface area contributed by atoms with Crippen molar-refractivity contribution in [3.63, 3.8) is 0 Å². The van der Waals surface area contributed by atoms with Gasteiger partial charge in [-0.1, -0.05) is 0 Å². The first-order chi connectivity index (χ1) is 8.48. The fourth-order valence-corrected chi connectivity index (χ4v) is 3.60. The molecule has 0 saturated heterocycles. The summed E-state index contributed by atoms with van der Waals surface area (Å²) in [6, 6.07) is 1.71. The minimum atomic E-state index is -3.48. The Hall–Kier alpha value is -1.14. The number of hydrogen-bond acceptors (Lipinski definition) is 4. The molecule has 2 rings (SSSR count). The van der Waals surface area contributed by atoms with E-state index in [4.69, 9.17) is 0 Å². The maximum Gasteiger partial charge on any atom is 0.246 e. The van der Waals surface area contributed by atoms with Gasteiger partial charge in [0.15, 0.2) is 0 Å². The smallest absolute Gasteiger partial charge is 0.246 e. The van der Waals surface area contributed by atoms with Crippen molar-refractivity contribution < 1.29 is 8.42 Å². The van der Waals surface area contributed by atoms with E-state index in [9.17, 15) is 8.42 Å². The number of hydrogen-bond donors (Lipinski definition) is 1. The molecule has 0 amide bonds. The van der Waals surface area contributed by atoms with Crippen molar-refractivity contribution in [2.75, 3.05) is 19.4 Å². The highest BCUT2D eigenvalue weighted by atomic mass is 32.2. The Kier molecular flexibility index (Phi) is 3.59. The molecule has 100 valence electrons. The van der Waals surface area contributed by atoms with Gasteiger partial charge in [-0.15, -0.1) is 0 Å². The second-order valence-electron chi connectivity index (χ2n) is 4.72. The van der Waals surface area contributed by atoms with Crippen LogP contribution < -0.4 is 5.32 Å². The lowest BCUT2D eigenvalue weighted by molar-refractivity contribution is 0.357. The van der Waals surface area contributed by atoms with E-state index in [-0.39, 0.29) is 10.9 Å². The molecule has 1 aromatic heterocycles. The van der Waals surface area contributed by atoms with E-state index in [1.54, 1.807) is 26.4 Å². The van der Waals surface area contributed by atoms with Gasteiger partial charge < -0.3 is 5.32 Å². The van der Waals surface area contributed by atoms with Gasteiger partial charge in [0, 0.05) is 32.5 Å². The summed E-state index contributed by atoms with van der Waals surface area (Å²) in [5, 5.41) is 2.89. The van der Waals surface area contributed by atoms with E-state index in [2.05, 4.69) is 10.3 Å². The first-order valence-electron chi connectivity index (χ1n) is 6.08. The normalized spacial score (nSPS) is 17.8. The van der Waals surface area contributed by atoms with Crippen LogP contribution in [0.15, 0.2) is 23.4 Å². The van der Waals surface area contributed by atoms with Gasteiger partial charge in [-0.2, -0.15) is 4.31 Å². The van der Waals surface area contributed by atoms with Crippen molar-refractivity contribution in [3.8, 4) is 0 Å². The summed E-state index contributed by atoms with van der Waals surface area (Å²) in [5.74, 6) is 0.500. The molecule has 1 atom stereocenters. The van der Waals surface area contributed by atoms with Crippen molar-refractivity contribution in [1.82, 2.24) is 9.29 Å². The van der Waals surface area contributed by atoms with Crippen LogP contribution in [-0.4, -0.2) is 37.8 Å². The molecule has 1 N–H and O–H groups in total. The third-order valence-electron chi connectivity index (χ3n) is 3.59. The van der Waals surface area contributed by atoms with Crippen LogP contribution in [0.4, 0.5) is 5.69 Å². The largest absolute Gasteiger partial charge is 0.387 e. The van der Waals surface area contributed by atoms with Gasteiger partial charge in [0.25, 0.3) is 0 Å². The topological polar surface area (TPSA) is 62.3 Å². The average Bonchev–Trinajstić information content (AvgIpc) is 3.21. The lowest BCUT2D eigenvalue weighted by atomic mass is 10.2. The second kappa shape index (κ2) is 4.85. The summed E-state index contributed by atoms with van der Waals surface area (Å²) in [6.07, 6.45) is 5.21. The molecule has 0 aliphatic heterocycles. The Morgan fingerprint density at radius 2 is 2.17 bits per heavy atom. The fourth-order valence-electron chi connectivity index (χ4n) is 2.04. The van der Waals surface area contributed by atoms with E-state index in [0.29, 0.717) is 11.6 Å². The Labute approximate surface area is 108 Å². The number of pyridine rings is 1. The fraction of sp³-hybridized carbons (Fsp3) is 0.583. The molecule has 1 unspecified atom stereocenters. The molecule has 1 saturated carbocycles. The number of aromatic nitrogens is 1. The van der Waals surface area contributed by atoms with Crippen molar-refractivity contribution in [2.24, 2.45) is 5.92 Å². The highest BCUT2D eigenvalue weighted by Gasteiger charge is 2.36. The van der Waals surface area contributed by atoms with Gasteiger partial charge in [-0.25, -0.2) is 8.42 Å². The zero-order chi connectivity index (χ0) is 13.3. The van der Waals surface area contributed by atoms with E-state index >= 15 is 0 Å². The average molecular weight is 269 g/mol. The molecule has 0 spiro atoms. The van der Waals surface area contributed by atoms with Crippen LogP contribution in [0.25, 0.3) is 0 Å². The van der Waals surface area contributed by atoms with Gasteiger partial charge >= 0.3 is 0 Å². The van der Waals surface area contributed by atoms with Crippen LogP contribution in [-0.2, 0) is 10.0 Å². The standard InChI is InChI=1S/C12H19N3O2S/c1-9(10-4-5-10)15(3)18(16,17)12-8-14-7-6-11(12)13-2/h6-10H,4-5H2,1-3H3,(H,13,14). The van der Waals surface area contributed by atoms with Gasteiger partial charge in [-0.05, 0) is 31.7 Å². The molecule has 18 heavy (non-hydrogen) atoms. The minimum absolute atomic E-state index is 0.0416. The Bertz CT molecular complexity index is 526. The van der Waals surface area contributed by atoms with Gasteiger partial charge in [0.1, 0.15) is 4.90 Å². The molecule has 1 aliphatic carbocycles. The summed E-state index contributed by atoms with van der Waals surface area (Å²) in [7, 11) is -0.127. The van der Waals surface area contributed by atoms with E-state index in [1.165, 1.54) is 10.5 Å². The van der Waals surface area contributed by atoms with Gasteiger partial charge in [-0.3, -0.25) is 4.98 Å². The number of rotatable bonds is 5. The Balaban J connectivity index is 2.34. The number of nitrogens with zero attached hydrogens (tertiary/aromatic N) is 2. The summed E-state index contributed by atoms with van der Waals surface area (Å²) < 4.78 is 26.5. The monoisotopic (exact) mass is 269 g/mol. The van der Waals surface area contributed by atoms with Crippen LogP contribution in [0, 0.1) is 5.92 Å². The molecule has 1 fully saturated rings. The lowest BCUT2D eigenvalue weighted by Crippen LogP contribution is -2.36. The van der Waals surface area contributed by atoms with Crippen LogP contribution in [0.1, 0.15) is 19.8 Å². The van der Waals surface area contributed by atoms with Crippen molar-refractivity contribution in [3.05, 3.63) is 18.5 Å². The lowest BCUT2D eigenvalue weighted by Gasteiger charge is -2.24. The zero-order valence-electron chi connectivity index (χ0n) is 10.9. The van der Waals surface area contributed by atoms with Crippen molar-refractivity contribution >= 4 is 15.7 Å². The second-order valence-corrected chi connectivity index (χ2v) is 6.69. The summed E-state index contributed by atoms with van der Waals surface area (Å²) in [6.45, 7) is 1.96. The Morgan fingerprint density at radius 1 is 1.50 bits per heavy atom. The summed E-state index contributed by atoms with van der Waals surface area (Å²) in [4.78, 5) is 4.15. The molecule has 0 radical (unpaired) electrons. The van der Waals surface area contributed by atoms with E-state index in [0.717, 1.165) is 12.8 Å². The maximum absolute atomic E-state index is 12.5. The molecule has 1 aromatic rings. The van der Waals surface area contributed by atoms with Crippen LogP contribution in [0.2, 0.25) is 0 Å². The first kappa shape index (κ1) is 13.3. The predicted octanol–water partition coefficient (Wildman–Crippen LogP) is 1.54.